The molecule has 0 bridgehead atoms. The quantitative estimate of drug-likeness (QED) is 0.370. The molecule has 1 saturated carbocycles. The van der Waals surface area contributed by atoms with Crippen LogP contribution in [0.1, 0.15) is 30.3 Å². The van der Waals surface area contributed by atoms with E-state index in [-0.39, 0.29) is 11.9 Å². The number of carbonyl (C=O) groups is 1. The lowest BCUT2D eigenvalue weighted by atomic mass is 10.0. The number of aromatic nitrogens is 2. The van der Waals surface area contributed by atoms with Crippen LogP contribution in [0, 0.1) is 5.92 Å². The molecule has 1 aliphatic heterocycles. The van der Waals surface area contributed by atoms with Gasteiger partial charge in [0.25, 0.3) is 0 Å². The fourth-order valence-corrected chi connectivity index (χ4v) is 5.15. The highest BCUT2D eigenvalue weighted by molar-refractivity contribution is 8.00. The molecule has 1 N–H and O–H groups in total. The number of fused-ring (bicyclic) bond motifs is 1. The normalized spacial score (nSPS) is 17.4. The summed E-state index contributed by atoms with van der Waals surface area (Å²) in [7, 11) is 1.66. The van der Waals surface area contributed by atoms with Crippen LogP contribution in [-0.4, -0.2) is 59.9 Å². The van der Waals surface area contributed by atoms with Crippen molar-refractivity contribution >= 4 is 28.6 Å². The Morgan fingerprint density at radius 3 is 2.65 bits per heavy atom. The third-order valence-electron chi connectivity index (χ3n) is 6.31. The summed E-state index contributed by atoms with van der Waals surface area (Å²) in [5.74, 6) is 2.45. The maximum absolute atomic E-state index is 13.0. The largest absolute Gasteiger partial charge is 0.497 e. The number of hydrogen-bond acceptors (Lipinski definition) is 7. The first-order chi connectivity index (χ1) is 16.7. The summed E-state index contributed by atoms with van der Waals surface area (Å²) >= 11 is 1.48. The van der Waals surface area contributed by atoms with Gasteiger partial charge in [0.2, 0.25) is 5.91 Å². The van der Waals surface area contributed by atoms with Gasteiger partial charge in [-0.05, 0) is 42.5 Å². The Kier molecular flexibility index (Phi) is 7.27. The number of thioether (sulfide) groups is 1. The van der Waals surface area contributed by atoms with Crippen molar-refractivity contribution in [3.8, 4) is 5.75 Å². The van der Waals surface area contributed by atoms with Crippen LogP contribution in [0.15, 0.2) is 53.6 Å². The van der Waals surface area contributed by atoms with Gasteiger partial charge >= 0.3 is 0 Å². The molecule has 0 radical (unpaired) electrons. The summed E-state index contributed by atoms with van der Waals surface area (Å²) in [6.45, 7) is 3.94. The number of nitrogens with one attached hydrogen (secondary N) is 1. The van der Waals surface area contributed by atoms with Gasteiger partial charge in [-0.25, -0.2) is 9.97 Å². The van der Waals surface area contributed by atoms with E-state index < -0.39 is 0 Å². The first-order valence-electron chi connectivity index (χ1n) is 11.8. The van der Waals surface area contributed by atoms with Gasteiger partial charge in [0, 0.05) is 18.5 Å². The van der Waals surface area contributed by atoms with Crippen molar-refractivity contribution < 1.29 is 14.3 Å². The SMILES string of the molecule is COc1ccc(C(NC(=O)CSc2nc(CN3CCOCC3)nc3ccccc23)C2CC2)cc1. The molecule has 1 unspecified atom stereocenters. The van der Waals surface area contributed by atoms with Crippen molar-refractivity contribution in [1.82, 2.24) is 20.2 Å². The van der Waals surface area contributed by atoms with Crippen molar-refractivity contribution in [1.29, 1.82) is 0 Å². The van der Waals surface area contributed by atoms with Gasteiger partial charge in [-0.1, -0.05) is 42.1 Å². The maximum atomic E-state index is 13.0. The lowest BCUT2D eigenvalue weighted by Gasteiger charge is -2.26. The average molecular weight is 479 g/mol. The monoisotopic (exact) mass is 478 g/mol. The first-order valence-corrected chi connectivity index (χ1v) is 12.8. The number of hydrogen-bond donors (Lipinski definition) is 1. The van der Waals surface area contributed by atoms with Crippen molar-refractivity contribution in [3.63, 3.8) is 0 Å². The average Bonchev–Trinajstić information content (AvgIpc) is 3.72. The highest BCUT2D eigenvalue weighted by Gasteiger charge is 2.33. The highest BCUT2D eigenvalue weighted by atomic mass is 32.2. The summed E-state index contributed by atoms with van der Waals surface area (Å²) in [5, 5.41) is 5.11. The van der Waals surface area contributed by atoms with E-state index in [2.05, 4.69) is 10.2 Å². The molecule has 2 fully saturated rings. The Morgan fingerprint density at radius 2 is 1.91 bits per heavy atom. The number of carbonyl (C=O) groups excluding carboxylic acids is 1. The number of methoxy groups -OCH3 is 1. The summed E-state index contributed by atoms with van der Waals surface area (Å²) in [6.07, 6.45) is 2.29. The summed E-state index contributed by atoms with van der Waals surface area (Å²) < 4.78 is 10.7. The number of morpholine rings is 1. The first kappa shape index (κ1) is 23.1. The molecule has 34 heavy (non-hydrogen) atoms. The lowest BCUT2D eigenvalue weighted by Crippen LogP contribution is -2.36. The Bertz CT molecular complexity index is 1130. The number of rotatable bonds is 9. The minimum atomic E-state index is 0.0233. The Hall–Kier alpha value is -2.68. The van der Waals surface area contributed by atoms with E-state index in [0.717, 1.165) is 72.2 Å². The summed E-state index contributed by atoms with van der Waals surface area (Å²) in [4.78, 5) is 24.9. The standard InChI is InChI=1S/C26H30N4O3S/c1-32-20-10-8-19(9-11-20)25(18-6-7-18)29-24(31)17-34-26-21-4-2-3-5-22(21)27-23(28-26)16-30-12-14-33-15-13-30/h2-5,8-11,18,25H,6-7,12-17H2,1H3,(H,29,31). The zero-order chi connectivity index (χ0) is 23.3. The van der Waals surface area contributed by atoms with E-state index in [1.54, 1.807) is 7.11 Å². The van der Waals surface area contributed by atoms with Gasteiger partial charge in [-0.3, -0.25) is 9.69 Å². The topological polar surface area (TPSA) is 76.6 Å². The third-order valence-corrected chi connectivity index (χ3v) is 7.30. The molecule has 2 heterocycles. The van der Waals surface area contributed by atoms with Crippen LogP contribution in [0.4, 0.5) is 0 Å². The van der Waals surface area contributed by atoms with Gasteiger partial charge in [-0.15, -0.1) is 0 Å². The minimum absolute atomic E-state index is 0.0233. The van der Waals surface area contributed by atoms with E-state index in [0.29, 0.717) is 18.2 Å². The molecule has 1 atom stereocenters. The van der Waals surface area contributed by atoms with Gasteiger partial charge in [0.05, 0.1) is 44.2 Å². The van der Waals surface area contributed by atoms with E-state index in [1.807, 2.05) is 48.5 Å². The van der Waals surface area contributed by atoms with Crippen molar-refractivity contribution in [2.45, 2.75) is 30.5 Å². The number of amides is 1. The molecule has 0 spiro atoms. The van der Waals surface area contributed by atoms with E-state index >= 15 is 0 Å². The molecule has 2 aliphatic rings. The Labute approximate surface area is 204 Å². The molecule has 2 aromatic carbocycles. The number of nitrogens with zero attached hydrogens (tertiary/aromatic N) is 3. The van der Waals surface area contributed by atoms with Gasteiger partial charge in [0.1, 0.15) is 16.6 Å². The molecular weight excluding hydrogens is 448 g/mol. The summed E-state index contributed by atoms with van der Waals surface area (Å²) in [6, 6.07) is 16.1. The van der Waals surface area contributed by atoms with Crippen molar-refractivity contribution in [3.05, 3.63) is 59.9 Å². The maximum Gasteiger partial charge on any atom is 0.230 e. The zero-order valence-corrected chi connectivity index (χ0v) is 20.2. The number of benzene rings is 2. The van der Waals surface area contributed by atoms with E-state index in [4.69, 9.17) is 19.4 Å². The smallest absolute Gasteiger partial charge is 0.230 e. The fraction of sp³-hybridized carbons (Fsp3) is 0.423. The predicted octanol–water partition coefficient (Wildman–Crippen LogP) is 3.83. The second-order valence-electron chi connectivity index (χ2n) is 8.80. The molecule has 7 nitrogen and oxygen atoms in total. The second kappa shape index (κ2) is 10.7. The van der Waals surface area contributed by atoms with Crippen LogP contribution in [0.25, 0.3) is 10.9 Å². The molecular formula is C26H30N4O3S. The Balaban J connectivity index is 1.28. The molecule has 8 heteroatoms. The van der Waals surface area contributed by atoms with Crippen molar-refractivity contribution in [2.24, 2.45) is 5.92 Å². The molecule has 5 rings (SSSR count). The molecule has 3 aromatic rings. The van der Waals surface area contributed by atoms with Gasteiger partial charge < -0.3 is 14.8 Å². The Morgan fingerprint density at radius 1 is 1.15 bits per heavy atom. The molecule has 178 valence electrons. The predicted molar refractivity (Wildman–Crippen MR) is 133 cm³/mol. The van der Waals surface area contributed by atoms with Crippen molar-refractivity contribution in [2.75, 3.05) is 39.2 Å². The number of para-hydroxylation sites is 1. The molecule has 1 aliphatic carbocycles. The lowest BCUT2D eigenvalue weighted by molar-refractivity contribution is -0.119. The van der Waals surface area contributed by atoms with Crippen LogP contribution in [-0.2, 0) is 16.1 Å². The molecule has 1 aromatic heterocycles. The highest BCUT2D eigenvalue weighted by Crippen LogP contribution is 2.41. The van der Waals surface area contributed by atoms with Crippen LogP contribution in [0.3, 0.4) is 0 Å². The van der Waals surface area contributed by atoms with Crippen LogP contribution in [0.5, 0.6) is 5.75 Å². The zero-order valence-electron chi connectivity index (χ0n) is 19.4. The van der Waals surface area contributed by atoms with E-state index in [1.165, 1.54) is 11.8 Å². The second-order valence-corrected chi connectivity index (χ2v) is 9.76. The van der Waals surface area contributed by atoms with Crippen LogP contribution >= 0.6 is 11.8 Å². The fourth-order valence-electron chi connectivity index (χ4n) is 4.30. The summed E-state index contributed by atoms with van der Waals surface area (Å²) in [5.41, 5.74) is 2.04. The van der Waals surface area contributed by atoms with Crippen LogP contribution < -0.4 is 10.1 Å². The van der Waals surface area contributed by atoms with Crippen LogP contribution in [0.2, 0.25) is 0 Å². The van der Waals surface area contributed by atoms with Gasteiger partial charge in [-0.2, -0.15) is 0 Å². The van der Waals surface area contributed by atoms with Gasteiger partial charge in [0.15, 0.2) is 0 Å². The molecule has 1 saturated heterocycles. The minimum Gasteiger partial charge on any atom is -0.497 e. The number of ether oxygens (including phenoxy) is 2. The molecule has 1 amide bonds. The van der Waals surface area contributed by atoms with E-state index in [9.17, 15) is 4.79 Å². The third kappa shape index (κ3) is 5.68.